The van der Waals surface area contributed by atoms with Crippen LogP contribution in [-0.2, 0) is 0 Å². The molecule has 21 heavy (non-hydrogen) atoms. The summed E-state index contributed by atoms with van der Waals surface area (Å²) in [6, 6.07) is 5.57. The molecule has 0 aromatic heterocycles. The number of nitrogens with one attached hydrogen (secondary N) is 2. The van der Waals surface area contributed by atoms with Crippen molar-refractivity contribution in [2.75, 3.05) is 33.5 Å². The molecule has 0 spiro atoms. The minimum Gasteiger partial charge on any atom is -0.492 e. The first-order chi connectivity index (χ1) is 9.83. The lowest BCUT2D eigenvalue weighted by atomic mass is 10.3. The lowest BCUT2D eigenvalue weighted by Gasteiger charge is -2.12. The van der Waals surface area contributed by atoms with Gasteiger partial charge < -0.3 is 24.8 Å². The summed E-state index contributed by atoms with van der Waals surface area (Å²) >= 11 is 0. The maximum absolute atomic E-state index is 5.65. The van der Waals surface area contributed by atoms with E-state index < -0.39 is 0 Å². The molecule has 118 valence electrons. The van der Waals surface area contributed by atoms with Crippen molar-refractivity contribution < 1.29 is 14.2 Å². The first kappa shape index (κ1) is 17.7. The van der Waals surface area contributed by atoms with Crippen LogP contribution in [0.4, 0.5) is 0 Å². The summed E-state index contributed by atoms with van der Waals surface area (Å²) < 4.78 is 16.2. The molecule has 1 aromatic carbocycles. The predicted octanol–water partition coefficient (Wildman–Crippen LogP) is 1.99. The topological polar surface area (TPSA) is 64.1 Å². The average molecular weight is 407 g/mol. The normalized spacial score (nSPS) is 12.6. The molecular weight excluding hydrogens is 385 g/mol. The SMILES string of the molecule is CCCNC(=NC)NCCOc1ccc2c(c1)OCO2.I. The number of rotatable bonds is 6. The number of halogens is 1. The van der Waals surface area contributed by atoms with Crippen LogP contribution in [0.1, 0.15) is 13.3 Å². The average Bonchev–Trinajstić information content (AvgIpc) is 2.94. The Labute approximate surface area is 142 Å². The summed E-state index contributed by atoms with van der Waals surface area (Å²) in [6.07, 6.45) is 1.06. The summed E-state index contributed by atoms with van der Waals surface area (Å²) in [6.45, 7) is 4.52. The molecule has 0 fully saturated rings. The summed E-state index contributed by atoms with van der Waals surface area (Å²) in [7, 11) is 1.75. The lowest BCUT2D eigenvalue weighted by Crippen LogP contribution is -2.39. The highest BCUT2D eigenvalue weighted by atomic mass is 127. The summed E-state index contributed by atoms with van der Waals surface area (Å²) in [5.41, 5.74) is 0. The molecule has 0 saturated heterocycles. The fraction of sp³-hybridized carbons (Fsp3) is 0.500. The Balaban J connectivity index is 0.00000220. The molecule has 7 heteroatoms. The fourth-order valence-electron chi connectivity index (χ4n) is 1.77. The van der Waals surface area contributed by atoms with Crippen molar-refractivity contribution in [2.45, 2.75) is 13.3 Å². The molecule has 0 radical (unpaired) electrons. The molecule has 0 saturated carbocycles. The number of guanidine groups is 1. The second-order valence-electron chi connectivity index (χ2n) is 4.29. The van der Waals surface area contributed by atoms with E-state index in [2.05, 4.69) is 22.5 Å². The number of nitrogens with zero attached hydrogens (tertiary/aromatic N) is 1. The Bertz CT molecular complexity index is 469. The molecule has 1 aliphatic rings. The molecule has 1 heterocycles. The molecule has 0 unspecified atom stereocenters. The van der Waals surface area contributed by atoms with Crippen LogP contribution in [-0.4, -0.2) is 39.5 Å². The van der Waals surface area contributed by atoms with E-state index in [1.807, 2.05) is 18.2 Å². The smallest absolute Gasteiger partial charge is 0.231 e. The molecular formula is C14H22IN3O3. The van der Waals surface area contributed by atoms with Gasteiger partial charge in [-0.3, -0.25) is 4.99 Å². The Hall–Kier alpha value is -1.38. The van der Waals surface area contributed by atoms with Crippen molar-refractivity contribution in [2.24, 2.45) is 4.99 Å². The molecule has 1 aliphatic heterocycles. The van der Waals surface area contributed by atoms with Crippen LogP contribution in [0, 0.1) is 0 Å². The van der Waals surface area contributed by atoms with Crippen LogP contribution in [0.3, 0.4) is 0 Å². The maximum Gasteiger partial charge on any atom is 0.231 e. The van der Waals surface area contributed by atoms with E-state index in [9.17, 15) is 0 Å². The van der Waals surface area contributed by atoms with Gasteiger partial charge in [0.1, 0.15) is 12.4 Å². The monoisotopic (exact) mass is 407 g/mol. The van der Waals surface area contributed by atoms with Gasteiger partial charge in [-0.25, -0.2) is 0 Å². The van der Waals surface area contributed by atoms with Crippen LogP contribution in [0.5, 0.6) is 17.2 Å². The van der Waals surface area contributed by atoms with Crippen LogP contribution < -0.4 is 24.8 Å². The van der Waals surface area contributed by atoms with E-state index in [0.717, 1.165) is 36.2 Å². The van der Waals surface area contributed by atoms with Crippen LogP contribution >= 0.6 is 24.0 Å². The number of hydrogen-bond acceptors (Lipinski definition) is 4. The molecule has 0 bridgehead atoms. The van der Waals surface area contributed by atoms with Gasteiger partial charge in [-0.15, -0.1) is 24.0 Å². The third kappa shape index (κ3) is 5.49. The van der Waals surface area contributed by atoms with Gasteiger partial charge in [0, 0.05) is 19.7 Å². The van der Waals surface area contributed by atoms with Crippen molar-refractivity contribution >= 4 is 29.9 Å². The zero-order valence-corrected chi connectivity index (χ0v) is 14.7. The molecule has 0 atom stereocenters. The van der Waals surface area contributed by atoms with Gasteiger partial charge >= 0.3 is 0 Å². The van der Waals surface area contributed by atoms with Crippen molar-refractivity contribution in [3.05, 3.63) is 18.2 Å². The number of ether oxygens (including phenoxy) is 3. The van der Waals surface area contributed by atoms with Gasteiger partial charge in [0.25, 0.3) is 0 Å². The third-order valence-electron chi connectivity index (χ3n) is 2.77. The van der Waals surface area contributed by atoms with Gasteiger partial charge in [-0.1, -0.05) is 6.92 Å². The minimum atomic E-state index is 0. The van der Waals surface area contributed by atoms with E-state index in [-0.39, 0.29) is 30.8 Å². The van der Waals surface area contributed by atoms with Crippen molar-refractivity contribution in [1.29, 1.82) is 0 Å². The highest BCUT2D eigenvalue weighted by Gasteiger charge is 2.13. The fourth-order valence-corrected chi connectivity index (χ4v) is 1.77. The molecule has 0 amide bonds. The van der Waals surface area contributed by atoms with E-state index in [0.29, 0.717) is 13.2 Å². The number of benzene rings is 1. The second-order valence-corrected chi connectivity index (χ2v) is 4.29. The van der Waals surface area contributed by atoms with Gasteiger partial charge in [0.2, 0.25) is 6.79 Å². The van der Waals surface area contributed by atoms with Crippen LogP contribution in [0.25, 0.3) is 0 Å². The second kappa shape index (κ2) is 9.54. The zero-order valence-electron chi connectivity index (χ0n) is 12.3. The van der Waals surface area contributed by atoms with E-state index >= 15 is 0 Å². The Kier molecular flexibility index (Phi) is 8.03. The first-order valence-electron chi connectivity index (χ1n) is 6.80. The Morgan fingerprint density at radius 3 is 2.76 bits per heavy atom. The highest BCUT2D eigenvalue weighted by Crippen LogP contribution is 2.34. The first-order valence-corrected chi connectivity index (χ1v) is 6.80. The largest absolute Gasteiger partial charge is 0.492 e. The van der Waals surface area contributed by atoms with Crippen molar-refractivity contribution in [3.63, 3.8) is 0 Å². The van der Waals surface area contributed by atoms with Crippen LogP contribution in [0.2, 0.25) is 0 Å². The van der Waals surface area contributed by atoms with Gasteiger partial charge in [0.15, 0.2) is 17.5 Å². The predicted molar refractivity (Wildman–Crippen MR) is 93.1 cm³/mol. The molecule has 0 aliphatic carbocycles. The van der Waals surface area contributed by atoms with Crippen molar-refractivity contribution in [1.82, 2.24) is 10.6 Å². The molecule has 2 rings (SSSR count). The molecule has 1 aromatic rings. The highest BCUT2D eigenvalue weighted by molar-refractivity contribution is 14.0. The van der Waals surface area contributed by atoms with E-state index in [1.165, 1.54) is 0 Å². The van der Waals surface area contributed by atoms with Gasteiger partial charge in [-0.2, -0.15) is 0 Å². The number of fused-ring (bicyclic) bond motifs is 1. The van der Waals surface area contributed by atoms with Gasteiger partial charge in [0.05, 0.1) is 6.54 Å². The maximum atomic E-state index is 5.65. The number of aliphatic imine (C=N–C) groups is 1. The Morgan fingerprint density at radius 1 is 1.24 bits per heavy atom. The number of hydrogen-bond donors (Lipinski definition) is 2. The van der Waals surface area contributed by atoms with Gasteiger partial charge in [-0.05, 0) is 18.6 Å². The summed E-state index contributed by atoms with van der Waals surface area (Å²) in [4.78, 5) is 4.12. The molecule has 2 N–H and O–H groups in total. The Morgan fingerprint density at radius 2 is 2.00 bits per heavy atom. The molecule has 6 nitrogen and oxygen atoms in total. The zero-order chi connectivity index (χ0) is 14.2. The third-order valence-corrected chi connectivity index (χ3v) is 2.77. The summed E-state index contributed by atoms with van der Waals surface area (Å²) in [5, 5.41) is 6.38. The quantitative estimate of drug-likeness (QED) is 0.327. The van der Waals surface area contributed by atoms with Crippen LogP contribution in [0.15, 0.2) is 23.2 Å². The summed E-state index contributed by atoms with van der Waals surface area (Å²) in [5.74, 6) is 3.06. The lowest BCUT2D eigenvalue weighted by molar-refractivity contribution is 0.173. The van der Waals surface area contributed by atoms with E-state index in [4.69, 9.17) is 14.2 Å². The van der Waals surface area contributed by atoms with Crippen molar-refractivity contribution in [3.8, 4) is 17.2 Å². The standard InChI is InChI=1S/C14H21N3O3.HI/c1-3-6-16-14(15-2)17-7-8-18-11-4-5-12-13(9-11)20-10-19-12;/h4-5,9H,3,6-8,10H2,1-2H3,(H2,15,16,17);1H. The minimum absolute atomic E-state index is 0. The van der Waals surface area contributed by atoms with E-state index in [1.54, 1.807) is 7.05 Å².